The highest BCUT2D eigenvalue weighted by Gasteiger charge is 2.20. The lowest BCUT2D eigenvalue weighted by molar-refractivity contribution is 0.193. The third-order valence-corrected chi connectivity index (χ3v) is 5.52. The summed E-state index contributed by atoms with van der Waals surface area (Å²) in [5.41, 5.74) is 1.34. The molecule has 164 valence electrons. The van der Waals surface area contributed by atoms with E-state index in [1.54, 1.807) is 54.5 Å². The second kappa shape index (κ2) is 10.2. The Kier molecular flexibility index (Phi) is 7.93. The van der Waals surface area contributed by atoms with Crippen LogP contribution < -0.4 is 19.0 Å². The number of methoxy groups -OCH3 is 2. The quantitative estimate of drug-likeness (QED) is 0.600. The fraction of sp³-hybridized carbons (Fsp3) is 0.381. The van der Waals surface area contributed by atoms with Crippen molar-refractivity contribution in [1.29, 1.82) is 0 Å². The number of carbonyl (C=O) groups is 1. The predicted octanol–water partition coefficient (Wildman–Crippen LogP) is 3.87. The Hall–Kier alpha value is -2.94. The van der Waals surface area contributed by atoms with E-state index < -0.39 is 10.1 Å². The van der Waals surface area contributed by atoms with Gasteiger partial charge in [0.2, 0.25) is 0 Å². The Bertz CT molecular complexity index is 958. The van der Waals surface area contributed by atoms with Crippen molar-refractivity contribution in [2.45, 2.75) is 33.4 Å². The second-order valence-corrected chi connectivity index (χ2v) is 8.65. The lowest BCUT2D eigenvalue weighted by Gasteiger charge is -2.27. The molecule has 0 fully saturated rings. The van der Waals surface area contributed by atoms with E-state index in [0.29, 0.717) is 22.7 Å². The number of benzene rings is 2. The van der Waals surface area contributed by atoms with Gasteiger partial charge >= 0.3 is 16.1 Å². The summed E-state index contributed by atoms with van der Waals surface area (Å²) in [5, 5.41) is 2.86. The minimum absolute atomic E-state index is 0.0936. The predicted molar refractivity (Wildman–Crippen MR) is 116 cm³/mol. The van der Waals surface area contributed by atoms with E-state index in [-0.39, 0.29) is 30.1 Å². The summed E-state index contributed by atoms with van der Waals surface area (Å²) in [5.74, 6) is 0.926. The first-order valence-corrected chi connectivity index (χ1v) is 11.1. The molecule has 2 rings (SSSR count). The van der Waals surface area contributed by atoms with Gasteiger partial charge in [0.25, 0.3) is 0 Å². The Labute approximate surface area is 177 Å². The van der Waals surface area contributed by atoms with Crippen LogP contribution in [0.5, 0.6) is 17.2 Å². The zero-order valence-electron chi connectivity index (χ0n) is 17.8. The number of nitrogens with zero attached hydrogens (tertiary/aromatic N) is 1. The molecule has 0 saturated carbocycles. The number of nitrogens with one attached hydrogen (secondary N) is 1. The van der Waals surface area contributed by atoms with Crippen LogP contribution >= 0.6 is 0 Å². The number of ether oxygens (including phenoxy) is 2. The van der Waals surface area contributed by atoms with Gasteiger partial charge in [0.15, 0.2) is 11.5 Å². The maximum atomic E-state index is 12.8. The van der Waals surface area contributed by atoms with Gasteiger partial charge in [0, 0.05) is 18.3 Å². The number of rotatable bonds is 9. The highest BCUT2D eigenvalue weighted by molar-refractivity contribution is 7.87. The molecule has 0 unspecified atom stereocenters. The van der Waals surface area contributed by atoms with E-state index in [1.807, 2.05) is 13.8 Å². The maximum absolute atomic E-state index is 12.8. The third-order valence-electron chi connectivity index (χ3n) is 4.38. The summed E-state index contributed by atoms with van der Waals surface area (Å²) in [6.45, 7) is 5.55. The monoisotopic (exact) mass is 436 g/mol. The van der Waals surface area contributed by atoms with E-state index in [4.69, 9.17) is 13.7 Å². The first kappa shape index (κ1) is 23.3. The van der Waals surface area contributed by atoms with E-state index in [0.717, 1.165) is 0 Å². The zero-order valence-corrected chi connectivity index (χ0v) is 18.7. The first-order valence-electron chi connectivity index (χ1n) is 9.49. The molecule has 8 nitrogen and oxygen atoms in total. The number of carbonyl (C=O) groups excluding carboxylic acids is 1. The Morgan fingerprint density at radius 3 is 2.23 bits per heavy atom. The molecule has 0 aliphatic rings. The molecule has 2 aromatic carbocycles. The largest absolute Gasteiger partial charge is 0.497 e. The van der Waals surface area contributed by atoms with Crippen LogP contribution in [-0.2, 0) is 16.7 Å². The van der Waals surface area contributed by atoms with E-state index in [9.17, 15) is 13.2 Å². The standard InChI is InChI=1S/C21H28N2O6S/c1-6-30(25,26)29-20-13-16(7-12-19(20)28-5)14-23(15(2)3)21(24)22-17-8-10-18(27-4)11-9-17/h7-13,15H,6,14H2,1-5H3,(H,22,24). The van der Waals surface area contributed by atoms with Gasteiger partial charge in [-0.05, 0) is 62.7 Å². The number of anilines is 1. The van der Waals surface area contributed by atoms with Crippen LogP contribution in [0.1, 0.15) is 26.3 Å². The van der Waals surface area contributed by atoms with Crippen molar-refractivity contribution >= 4 is 21.8 Å². The SMILES string of the molecule is CCS(=O)(=O)Oc1cc(CN(C(=O)Nc2ccc(OC)cc2)C(C)C)ccc1OC. The summed E-state index contributed by atoms with van der Waals surface area (Å²) < 4.78 is 39.2. The van der Waals surface area contributed by atoms with Crippen LogP contribution in [-0.4, -0.2) is 45.4 Å². The molecule has 2 amide bonds. The summed E-state index contributed by atoms with van der Waals surface area (Å²) in [7, 11) is -0.703. The summed E-state index contributed by atoms with van der Waals surface area (Å²) >= 11 is 0. The van der Waals surface area contributed by atoms with Crippen molar-refractivity contribution in [2.75, 3.05) is 25.3 Å². The van der Waals surface area contributed by atoms with Crippen LogP contribution in [0.2, 0.25) is 0 Å². The van der Waals surface area contributed by atoms with Crippen molar-refractivity contribution in [1.82, 2.24) is 4.90 Å². The molecule has 0 aromatic heterocycles. The molecule has 2 aromatic rings. The maximum Gasteiger partial charge on any atom is 0.322 e. The molecular weight excluding hydrogens is 408 g/mol. The Balaban J connectivity index is 2.21. The van der Waals surface area contributed by atoms with Gasteiger partial charge in [-0.15, -0.1) is 0 Å². The van der Waals surface area contributed by atoms with E-state index in [1.165, 1.54) is 14.0 Å². The van der Waals surface area contributed by atoms with Gasteiger partial charge in [-0.2, -0.15) is 8.42 Å². The van der Waals surface area contributed by atoms with Crippen molar-refractivity contribution in [3.05, 3.63) is 48.0 Å². The lowest BCUT2D eigenvalue weighted by Crippen LogP contribution is -2.39. The normalized spacial score (nSPS) is 11.1. The molecule has 0 atom stereocenters. The molecule has 0 bridgehead atoms. The summed E-state index contributed by atoms with van der Waals surface area (Å²) in [6, 6.07) is 11.6. The lowest BCUT2D eigenvalue weighted by atomic mass is 10.1. The minimum atomic E-state index is -3.71. The summed E-state index contributed by atoms with van der Waals surface area (Å²) in [4.78, 5) is 14.5. The molecule has 0 aliphatic carbocycles. The number of hydrogen-bond acceptors (Lipinski definition) is 6. The number of amides is 2. The average Bonchev–Trinajstić information content (AvgIpc) is 2.72. The van der Waals surface area contributed by atoms with Crippen molar-refractivity contribution in [3.8, 4) is 17.2 Å². The third kappa shape index (κ3) is 6.28. The summed E-state index contributed by atoms with van der Waals surface area (Å²) in [6.07, 6.45) is 0. The van der Waals surface area contributed by atoms with Gasteiger partial charge in [-0.3, -0.25) is 0 Å². The van der Waals surface area contributed by atoms with Gasteiger partial charge in [-0.25, -0.2) is 4.79 Å². The van der Waals surface area contributed by atoms with Gasteiger partial charge in [0.1, 0.15) is 5.75 Å². The Morgan fingerprint density at radius 1 is 1.03 bits per heavy atom. The van der Waals surface area contributed by atoms with Gasteiger partial charge in [-0.1, -0.05) is 6.07 Å². The number of urea groups is 1. The fourth-order valence-corrected chi connectivity index (χ4v) is 3.16. The molecule has 0 saturated heterocycles. The van der Waals surface area contributed by atoms with Crippen LogP contribution in [0.15, 0.2) is 42.5 Å². The molecule has 9 heteroatoms. The van der Waals surface area contributed by atoms with Crippen LogP contribution in [0.4, 0.5) is 10.5 Å². The highest BCUT2D eigenvalue weighted by Crippen LogP contribution is 2.30. The van der Waals surface area contributed by atoms with Crippen LogP contribution in [0.25, 0.3) is 0 Å². The van der Waals surface area contributed by atoms with E-state index in [2.05, 4.69) is 5.32 Å². The van der Waals surface area contributed by atoms with Crippen LogP contribution in [0, 0.1) is 0 Å². The van der Waals surface area contributed by atoms with Crippen molar-refractivity contribution in [3.63, 3.8) is 0 Å². The zero-order chi connectivity index (χ0) is 22.3. The molecule has 1 N–H and O–H groups in total. The van der Waals surface area contributed by atoms with Gasteiger partial charge in [0.05, 0.1) is 20.0 Å². The number of hydrogen-bond donors (Lipinski definition) is 1. The first-order chi connectivity index (χ1) is 14.2. The van der Waals surface area contributed by atoms with E-state index >= 15 is 0 Å². The van der Waals surface area contributed by atoms with Crippen molar-refractivity contribution < 1.29 is 26.9 Å². The second-order valence-electron chi connectivity index (χ2n) is 6.80. The molecule has 0 radical (unpaired) electrons. The fourth-order valence-electron chi connectivity index (χ4n) is 2.64. The smallest absolute Gasteiger partial charge is 0.322 e. The average molecular weight is 437 g/mol. The van der Waals surface area contributed by atoms with Crippen molar-refractivity contribution in [2.24, 2.45) is 0 Å². The molecule has 30 heavy (non-hydrogen) atoms. The minimum Gasteiger partial charge on any atom is -0.497 e. The molecule has 0 aliphatic heterocycles. The van der Waals surface area contributed by atoms with Gasteiger partial charge < -0.3 is 23.9 Å². The molecule has 0 heterocycles. The topological polar surface area (TPSA) is 94.2 Å². The molecule has 0 spiro atoms. The molecular formula is C21H28N2O6S. The highest BCUT2D eigenvalue weighted by atomic mass is 32.2. The Morgan fingerprint density at radius 2 is 1.70 bits per heavy atom. The van der Waals surface area contributed by atoms with Crippen LogP contribution in [0.3, 0.4) is 0 Å².